The van der Waals surface area contributed by atoms with E-state index in [4.69, 9.17) is 22.1 Å². The van der Waals surface area contributed by atoms with Crippen LogP contribution in [-0.4, -0.2) is 31.0 Å². The fraction of sp³-hybridized carbons (Fsp3) is 0.533. The Labute approximate surface area is 136 Å². The molecule has 2 aliphatic rings. The van der Waals surface area contributed by atoms with Gasteiger partial charge in [-0.05, 0) is 30.7 Å². The van der Waals surface area contributed by atoms with E-state index >= 15 is 0 Å². The minimum absolute atomic E-state index is 0. The van der Waals surface area contributed by atoms with E-state index in [-0.39, 0.29) is 18.3 Å². The molecule has 3 rings (SSSR count). The van der Waals surface area contributed by atoms with E-state index in [9.17, 15) is 4.79 Å². The lowest BCUT2D eigenvalue weighted by atomic mass is 10.0. The summed E-state index contributed by atoms with van der Waals surface area (Å²) in [4.78, 5) is 14.6. The van der Waals surface area contributed by atoms with Crippen LogP contribution in [0.25, 0.3) is 0 Å². The summed E-state index contributed by atoms with van der Waals surface area (Å²) in [5.74, 6) is 1.84. The molecule has 1 aliphatic carbocycles. The lowest BCUT2D eigenvalue weighted by Gasteiger charge is -2.19. The highest BCUT2D eigenvalue weighted by atomic mass is 35.5. The number of rotatable bonds is 2. The molecule has 116 valence electrons. The van der Waals surface area contributed by atoms with Crippen molar-refractivity contribution in [2.75, 3.05) is 25.9 Å². The molecular formula is C15H20Cl2N2O2. The first-order valence-electron chi connectivity index (χ1n) is 7.02. The van der Waals surface area contributed by atoms with Gasteiger partial charge in [0, 0.05) is 19.2 Å². The summed E-state index contributed by atoms with van der Waals surface area (Å²) in [7, 11) is 1.54. The van der Waals surface area contributed by atoms with Gasteiger partial charge in [-0.25, -0.2) is 0 Å². The van der Waals surface area contributed by atoms with E-state index < -0.39 is 0 Å². The van der Waals surface area contributed by atoms with E-state index in [1.54, 1.807) is 12.1 Å². The van der Waals surface area contributed by atoms with Gasteiger partial charge in [0.15, 0.2) is 0 Å². The number of carbonyl (C=O) groups excluding carboxylic acids is 1. The van der Waals surface area contributed by atoms with Crippen LogP contribution in [-0.2, 0) is 0 Å². The van der Waals surface area contributed by atoms with Crippen molar-refractivity contribution in [1.82, 2.24) is 4.90 Å². The zero-order valence-electron chi connectivity index (χ0n) is 12.0. The van der Waals surface area contributed by atoms with Gasteiger partial charge in [0.05, 0.1) is 23.4 Å². The summed E-state index contributed by atoms with van der Waals surface area (Å²) in [6.07, 6.45) is 3.79. The second-order valence-corrected chi connectivity index (χ2v) is 6.14. The number of hydrogen-bond acceptors (Lipinski definition) is 3. The number of fused-ring (bicyclic) bond motifs is 1. The average Bonchev–Trinajstić information content (AvgIpc) is 3.01. The molecule has 1 aromatic rings. The molecule has 1 aliphatic heterocycles. The summed E-state index contributed by atoms with van der Waals surface area (Å²) >= 11 is 6.04. The van der Waals surface area contributed by atoms with Gasteiger partial charge in [-0.2, -0.15) is 0 Å². The monoisotopic (exact) mass is 330 g/mol. The quantitative estimate of drug-likeness (QED) is 0.847. The molecule has 21 heavy (non-hydrogen) atoms. The van der Waals surface area contributed by atoms with E-state index in [1.807, 2.05) is 4.90 Å². The first-order valence-corrected chi connectivity index (χ1v) is 7.40. The normalized spacial score (nSPS) is 23.6. The topological polar surface area (TPSA) is 55.6 Å². The van der Waals surface area contributed by atoms with Crippen molar-refractivity contribution in [3.05, 3.63) is 22.7 Å². The van der Waals surface area contributed by atoms with Gasteiger partial charge >= 0.3 is 0 Å². The number of anilines is 1. The van der Waals surface area contributed by atoms with Crippen molar-refractivity contribution in [1.29, 1.82) is 0 Å². The SMILES string of the molecule is COc1cc(N)c(Cl)cc1C(=O)N1CC2CCCC2C1.Cl. The highest BCUT2D eigenvalue weighted by Gasteiger charge is 2.38. The number of benzene rings is 1. The van der Waals surface area contributed by atoms with Crippen LogP contribution in [0.4, 0.5) is 5.69 Å². The molecule has 1 aromatic carbocycles. The van der Waals surface area contributed by atoms with Crippen LogP contribution in [0.15, 0.2) is 12.1 Å². The first kappa shape index (κ1) is 16.2. The van der Waals surface area contributed by atoms with E-state index in [0.29, 0.717) is 33.9 Å². The van der Waals surface area contributed by atoms with Crippen LogP contribution in [0.5, 0.6) is 5.75 Å². The van der Waals surface area contributed by atoms with Crippen LogP contribution in [0, 0.1) is 11.8 Å². The summed E-state index contributed by atoms with van der Waals surface area (Å²) in [6, 6.07) is 3.23. The smallest absolute Gasteiger partial charge is 0.257 e. The molecule has 1 amide bonds. The molecule has 0 spiro atoms. The van der Waals surface area contributed by atoms with E-state index in [0.717, 1.165) is 13.1 Å². The molecular weight excluding hydrogens is 311 g/mol. The van der Waals surface area contributed by atoms with Crippen molar-refractivity contribution in [2.45, 2.75) is 19.3 Å². The third kappa shape index (κ3) is 2.92. The van der Waals surface area contributed by atoms with Crippen LogP contribution in [0.1, 0.15) is 29.6 Å². The number of methoxy groups -OCH3 is 1. The molecule has 2 N–H and O–H groups in total. The summed E-state index contributed by atoms with van der Waals surface area (Å²) < 4.78 is 5.27. The molecule has 6 heteroatoms. The van der Waals surface area contributed by atoms with Gasteiger partial charge in [0.25, 0.3) is 5.91 Å². The Hall–Kier alpha value is -1.13. The maximum absolute atomic E-state index is 12.7. The maximum Gasteiger partial charge on any atom is 0.257 e. The number of amides is 1. The Balaban J connectivity index is 0.00000161. The Morgan fingerprint density at radius 1 is 1.33 bits per heavy atom. The summed E-state index contributed by atoms with van der Waals surface area (Å²) in [6.45, 7) is 1.71. The Bertz CT molecular complexity index is 539. The number of likely N-dealkylation sites (tertiary alicyclic amines) is 1. The van der Waals surface area contributed by atoms with Crippen molar-refractivity contribution >= 4 is 35.6 Å². The summed E-state index contributed by atoms with van der Waals surface area (Å²) in [5.41, 5.74) is 6.69. The minimum atomic E-state index is -0.00171. The second kappa shape index (κ2) is 6.32. The van der Waals surface area contributed by atoms with Crippen LogP contribution < -0.4 is 10.5 Å². The maximum atomic E-state index is 12.7. The Kier molecular flexibility index (Phi) is 4.89. The van der Waals surface area contributed by atoms with Gasteiger partial charge < -0.3 is 15.4 Å². The fourth-order valence-corrected chi connectivity index (χ4v) is 3.64. The van der Waals surface area contributed by atoms with Gasteiger partial charge in [-0.15, -0.1) is 12.4 Å². The number of carbonyl (C=O) groups is 1. The lowest BCUT2D eigenvalue weighted by molar-refractivity contribution is 0.0777. The van der Waals surface area contributed by atoms with Crippen molar-refractivity contribution in [2.24, 2.45) is 11.8 Å². The molecule has 4 nitrogen and oxygen atoms in total. The highest BCUT2D eigenvalue weighted by molar-refractivity contribution is 6.33. The van der Waals surface area contributed by atoms with Crippen LogP contribution in [0.2, 0.25) is 5.02 Å². The Morgan fingerprint density at radius 2 is 1.95 bits per heavy atom. The molecule has 0 aromatic heterocycles. The number of nitrogen functional groups attached to an aromatic ring is 1. The number of halogens is 2. The molecule has 1 saturated carbocycles. The van der Waals surface area contributed by atoms with Crippen molar-refractivity contribution < 1.29 is 9.53 Å². The predicted molar refractivity (Wildman–Crippen MR) is 86.4 cm³/mol. The molecule has 0 bridgehead atoms. The van der Waals surface area contributed by atoms with Crippen molar-refractivity contribution in [3.8, 4) is 5.75 Å². The van der Waals surface area contributed by atoms with Gasteiger partial charge in [-0.1, -0.05) is 18.0 Å². The third-order valence-electron chi connectivity index (χ3n) is 4.56. The number of ether oxygens (including phenoxy) is 1. The molecule has 1 heterocycles. The van der Waals surface area contributed by atoms with Crippen molar-refractivity contribution in [3.63, 3.8) is 0 Å². The number of nitrogens with two attached hydrogens (primary N) is 1. The highest BCUT2D eigenvalue weighted by Crippen LogP contribution is 2.39. The first-order chi connectivity index (χ1) is 9.60. The average molecular weight is 331 g/mol. The largest absolute Gasteiger partial charge is 0.496 e. The molecule has 2 unspecified atom stereocenters. The Morgan fingerprint density at radius 3 is 2.52 bits per heavy atom. The molecule has 1 saturated heterocycles. The second-order valence-electron chi connectivity index (χ2n) is 5.74. The zero-order chi connectivity index (χ0) is 14.3. The summed E-state index contributed by atoms with van der Waals surface area (Å²) in [5, 5.41) is 0.397. The van der Waals surface area contributed by atoms with Gasteiger partial charge in [0.2, 0.25) is 0 Å². The van der Waals surface area contributed by atoms with Gasteiger partial charge in [-0.3, -0.25) is 4.79 Å². The molecule has 2 atom stereocenters. The number of nitrogens with zero attached hydrogens (tertiary/aromatic N) is 1. The zero-order valence-corrected chi connectivity index (χ0v) is 13.5. The van der Waals surface area contributed by atoms with E-state index in [1.165, 1.54) is 26.4 Å². The minimum Gasteiger partial charge on any atom is -0.496 e. The lowest BCUT2D eigenvalue weighted by Crippen LogP contribution is -2.29. The molecule has 2 fully saturated rings. The van der Waals surface area contributed by atoms with Crippen LogP contribution in [0.3, 0.4) is 0 Å². The van der Waals surface area contributed by atoms with Crippen LogP contribution >= 0.6 is 24.0 Å². The standard InChI is InChI=1S/C15H19ClN2O2.ClH/c1-20-14-6-13(17)12(16)5-11(14)15(19)18-7-9-3-2-4-10(9)8-18;/h5-6,9-10H,2-4,7-8,17H2,1H3;1H. The van der Waals surface area contributed by atoms with Gasteiger partial charge in [0.1, 0.15) is 5.75 Å². The third-order valence-corrected chi connectivity index (χ3v) is 4.89. The fourth-order valence-electron chi connectivity index (χ4n) is 3.48. The molecule has 0 radical (unpaired) electrons. The number of hydrogen-bond donors (Lipinski definition) is 1. The van der Waals surface area contributed by atoms with E-state index in [2.05, 4.69) is 0 Å². The predicted octanol–water partition coefficient (Wildman–Crippen LogP) is 3.22.